The highest BCUT2D eigenvalue weighted by Gasteiger charge is 2.13. The van der Waals surface area contributed by atoms with E-state index >= 15 is 0 Å². The maximum atomic E-state index is 13.4. The highest BCUT2D eigenvalue weighted by atomic mass is 79.9. The Morgan fingerprint density at radius 3 is 2.67 bits per heavy atom. The lowest BCUT2D eigenvalue weighted by Crippen LogP contribution is -2.13. The molecular weight excluding hydrogens is 343 g/mol. The average molecular weight is 353 g/mol. The molecule has 21 heavy (non-hydrogen) atoms. The maximum absolute atomic E-state index is 13.4. The van der Waals surface area contributed by atoms with Gasteiger partial charge in [-0.2, -0.15) is 0 Å². The Morgan fingerprint density at radius 1 is 1.29 bits per heavy atom. The fraction of sp³-hybridized carbons (Fsp3) is 0.0714. The molecule has 1 amide bonds. The number of carbonyl (C=O) groups excluding carboxylic acids is 1. The van der Waals surface area contributed by atoms with Crippen molar-refractivity contribution in [3.05, 3.63) is 58.1 Å². The third-order valence-corrected chi connectivity index (χ3v) is 3.42. The second-order valence-corrected chi connectivity index (χ2v) is 4.96. The second-order valence-electron chi connectivity index (χ2n) is 4.16. The van der Waals surface area contributed by atoms with Gasteiger partial charge in [0.05, 0.1) is 34.0 Å². The number of aliphatic carboxylic acids is 1. The van der Waals surface area contributed by atoms with E-state index in [1.165, 1.54) is 36.5 Å². The first kappa shape index (κ1) is 15.1. The summed E-state index contributed by atoms with van der Waals surface area (Å²) >= 11 is 3.02. The lowest BCUT2D eigenvalue weighted by atomic mass is 10.2. The molecule has 0 aliphatic carbocycles. The van der Waals surface area contributed by atoms with Gasteiger partial charge in [-0.15, -0.1) is 0 Å². The normalized spacial score (nSPS) is 10.2. The molecule has 108 valence electrons. The van der Waals surface area contributed by atoms with Crippen LogP contribution >= 0.6 is 15.9 Å². The largest absolute Gasteiger partial charge is 0.481 e. The highest BCUT2D eigenvalue weighted by Crippen LogP contribution is 2.21. The van der Waals surface area contributed by atoms with Crippen molar-refractivity contribution < 1.29 is 19.1 Å². The Bertz CT molecular complexity index is 689. The Morgan fingerprint density at radius 2 is 2.05 bits per heavy atom. The van der Waals surface area contributed by atoms with Crippen molar-refractivity contribution in [2.75, 3.05) is 5.32 Å². The average Bonchev–Trinajstić information content (AvgIpc) is 2.43. The van der Waals surface area contributed by atoms with Crippen LogP contribution in [-0.4, -0.2) is 22.0 Å². The molecule has 2 N–H and O–H groups in total. The summed E-state index contributed by atoms with van der Waals surface area (Å²) < 4.78 is 13.4. The number of carbonyl (C=O) groups is 2. The van der Waals surface area contributed by atoms with E-state index in [1.54, 1.807) is 0 Å². The number of rotatable bonds is 4. The van der Waals surface area contributed by atoms with Gasteiger partial charge in [-0.1, -0.05) is 6.07 Å². The summed E-state index contributed by atoms with van der Waals surface area (Å²) in [7, 11) is 0. The monoisotopic (exact) mass is 352 g/mol. The molecule has 0 fully saturated rings. The van der Waals surface area contributed by atoms with Gasteiger partial charge >= 0.3 is 5.97 Å². The molecule has 0 saturated carbocycles. The maximum Gasteiger partial charge on any atom is 0.309 e. The quantitative estimate of drug-likeness (QED) is 0.886. The molecule has 2 aromatic rings. The van der Waals surface area contributed by atoms with Crippen LogP contribution in [0.5, 0.6) is 0 Å². The van der Waals surface area contributed by atoms with Crippen LogP contribution < -0.4 is 5.32 Å². The van der Waals surface area contributed by atoms with Crippen molar-refractivity contribution in [3.8, 4) is 0 Å². The van der Waals surface area contributed by atoms with Gasteiger partial charge in [0.2, 0.25) is 0 Å². The van der Waals surface area contributed by atoms with Crippen molar-refractivity contribution >= 4 is 33.5 Å². The van der Waals surface area contributed by atoms with E-state index in [2.05, 4.69) is 26.2 Å². The molecule has 5 nitrogen and oxygen atoms in total. The minimum Gasteiger partial charge on any atom is -0.481 e. The van der Waals surface area contributed by atoms with Crippen LogP contribution in [0.4, 0.5) is 10.1 Å². The lowest BCUT2D eigenvalue weighted by Gasteiger charge is -2.07. The Hall–Kier alpha value is -2.28. The van der Waals surface area contributed by atoms with Crippen molar-refractivity contribution in [2.45, 2.75) is 6.42 Å². The number of nitrogens with one attached hydrogen (secondary N) is 1. The molecule has 0 radical (unpaired) electrons. The van der Waals surface area contributed by atoms with E-state index in [4.69, 9.17) is 5.11 Å². The Labute approximate surface area is 128 Å². The third-order valence-electron chi connectivity index (χ3n) is 2.61. The lowest BCUT2D eigenvalue weighted by molar-refractivity contribution is -0.136. The van der Waals surface area contributed by atoms with Gasteiger partial charge in [-0.05, 0) is 40.2 Å². The van der Waals surface area contributed by atoms with Crippen LogP contribution in [0.1, 0.15) is 16.1 Å². The molecule has 0 unspecified atom stereocenters. The second kappa shape index (κ2) is 6.45. The van der Waals surface area contributed by atoms with Crippen molar-refractivity contribution in [1.82, 2.24) is 4.98 Å². The van der Waals surface area contributed by atoms with Gasteiger partial charge in [-0.3, -0.25) is 14.6 Å². The summed E-state index contributed by atoms with van der Waals surface area (Å²) in [5.41, 5.74) is 0.933. The number of carboxylic acids is 1. The fourth-order valence-electron chi connectivity index (χ4n) is 1.64. The van der Waals surface area contributed by atoms with Gasteiger partial charge in [0.1, 0.15) is 5.82 Å². The Balaban J connectivity index is 2.12. The Kier molecular flexibility index (Phi) is 4.64. The zero-order valence-corrected chi connectivity index (χ0v) is 12.2. The molecule has 0 saturated heterocycles. The number of anilines is 1. The standard InChI is InChI=1S/C14H10BrFN2O3/c15-13-10(2-1-3-11(13)16)14(21)18-9-5-4-8(17-7-9)6-12(19)20/h1-5,7H,6H2,(H,18,21)(H,19,20). The first-order valence-corrected chi connectivity index (χ1v) is 6.69. The zero-order chi connectivity index (χ0) is 15.4. The highest BCUT2D eigenvalue weighted by molar-refractivity contribution is 9.10. The van der Waals surface area contributed by atoms with Gasteiger partial charge in [0.15, 0.2) is 0 Å². The molecule has 0 aliphatic rings. The van der Waals surface area contributed by atoms with Crippen LogP contribution in [-0.2, 0) is 11.2 Å². The van der Waals surface area contributed by atoms with Crippen LogP contribution in [0.3, 0.4) is 0 Å². The van der Waals surface area contributed by atoms with E-state index in [0.717, 1.165) is 0 Å². The number of hydrogen-bond acceptors (Lipinski definition) is 3. The molecule has 0 spiro atoms. The summed E-state index contributed by atoms with van der Waals surface area (Å²) in [4.78, 5) is 26.5. The molecular formula is C14H10BrFN2O3. The summed E-state index contributed by atoms with van der Waals surface area (Å²) in [5.74, 6) is -2.00. The summed E-state index contributed by atoms with van der Waals surface area (Å²) in [5, 5.41) is 11.2. The van der Waals surface area contributed by atoms with E-state index in [-0.39, 0.29) is 16.5 Å². The fourth-order valence-corrected chi connectivity index (χ4v) is 2.08. The van der Waals surface area contributed by atoms with E-state index in [1.807, 2.05) is 0 Å². The van der Waals surface area contributed by atoms with E-state index < -0.39 is 17.7 Å². The molecule has 1 aromatic heterocycles. The molecule has 0 bridgehead atoms. The van der Waals surface area contributed by atoms with Gasteiger partial charge < -0.3 is 10.4 Å². The smallest absolute Gasteiger partial charge is 0.309 e. The van der Waals surface area contributed by atoms with Crippen LogP contribution in [0.25, 0.3) is 0 Å². The molecule has 1 heterocycles. The van der Waals surface area contributed by atoms with Crippen molar-refractivity contribution in [3.63, 3.8) is 0 Å². The van der Waals surface area contributed by atoms with Gasteiger partial charge in [0, 0.05) is 0 Å². The number of halogens is 2. The predicted octanol–water partition coefficient (Wildman–Crippen LogP) is 2.86. The van der Waals surface area contributed by atoms with E-state index in [0.29, 0.717) is 11.4 Å². The number of benzene rings is 1. The minimum absolute atomic E-state index is 0.0814. The first-order chi connectivity index (χ1) is 9.97. The van der Waals surface area contributed by atoms with Crippen molar-refractivity contribution in [2.24, 2.45) is 0 Å². The third kappa shape index (κ3) is 3.85. The summed E-state index contributed by atoms with van der Waals surface area (Å²) in [6.07, 6.45) is 1.16. The number of pyridine rings is 1. The number of aromatic nitrogens is 1. The molecule has 7 heteroatoms. The van der Waals surface area contributed by atoms with Gasteiger partial charge in [-0.25, -0.2) is 4.39 Å². The molecule has 1 aromatic carbocycles. The number of hydrogen-bond donors (Lipinski definition) is 2. The summed E-state index contributed by atoms with van der Waals surface area (Å²) in [6, 6.07) is 7.20. The molecule has 0 aliphatic heterocycles. The first-order valence-electron chi connectivity index (χ1n) is 5.89. The summed E-state index contributed by atoms with van der Waals surface area (Å²) in [6.45, 7) is 0. The van der Waals surface area contributed by atoms with Crippen LogP contribution in [0.2, 0.25) is 0 Å². The minimum atomic E-state index is -0.983. The van der Waals surface area contributed by atoms with Crippen LogP contribution in [0, 0.1) is 5.82 Å². The predicted molar refractivity (Wildman–Crippen MR) is 77.6 cm³/mol. The SMILES string of the molecule is O=C(O)Cc1ccc(NC(=O)c2cccc(F)c2Br)cn1. The topological polar surface area (TPSA) is 79.3 Å². The van der Waals surface area contributed by atoms with Gasteiger partial charge in [0.25, 0.3) is 5.91 Å². The van der Waals surface area contributed by atoms with Crippen LogP contribution in [0.15, 0.2) is 41.0 Å². The van der Waals surface area contributed by atoms with E-state index in [9.17, 15) is 14.0 Å². The molecule has 0 atom stereocenters. The van der Waals surface area contributed by atoms with Crippen molar-refractivity contribution in [1.29, 1.82) is 0 Å². The zero-order valence-electron chi connectivity index (χ0n) is 10.6. The molecule has 2 rings (SSSR count). The number of nitrogens with zero attached hydrogens (tertiary/aromatic N) is 1. The number of carboxylic acid groups (broad SMARTS) is 1. The number of amides is 1.